The Morgan fingerprint density at radius 2 is 1.67 bits per heavy atom. The Labute approximate surface area is 115 Å². The average Bonchev–Trinajstić information content (AvgIpc) is 3.00. The van der Waals surface area contributed by atoms with Crippen LogP contribution in [0.5, 0.6) is 0 Å². The van der Waals surface area contributed by atoms with Gasteiger partial charge in [-0.1, -0.05) is 53.4 Å². The van der Waals surface area contributed by atoms with E-state index in [1.807, 2.05) is 0 Å². The van der Waals surface area contributed by atoms with Crippen molar-refractivity contribution in [1.82, 2.24) is 0 Å². The largest absolute Gasteiger partial charge is 0.0651 e. The van der Waals surface area contributed by atoms with Gasteiger partial charge in [-0.15, -0.1) is 0 Å². The lowest BCUT2D eigenvalue weighted by Crippen LogP contribution is -2.04. The Kier molecular flexibility index (Phi) is 5.15. The minimum atomic E-state index is 0.961. The van der Waals surface area contributed by atoms with Gasteiger partial charge in [0.1, 0.15) is 0 Å². The van der Waals surface area contributed by atoms with E-state index in [0.29, 0.717) is 0 Å². The lowest BCUT2D eigenvalue weighted by Gasteiger charge is -2.15. The molecule has 2 aliphatic carbocycles. The molecular formula is C18H34. The molecule has 0 aromatic rings. The number of rotatable bonds is 7. The summed E-state index contributed by atoms with van der Waals surface area (Å²) >= 11 is 0. The van der Waals surface area contributed by atoms with Gasteiger partial charge in [0.25, 0.3) is 0 Å². The molecule has 0 nitrogen and oxygen atoms in total. The normalized spacial score (nSPS) is 38.7. The predicted molar refractivity (Wildman–Crippen MR) is 80.6 cm³/mol. The van der Waals surface area contributed by atoms with Crippen LogP contribution in [0.2, 0.25) is 0 Å². The maximum absolute atomic E-state index is 2.46. The van der Waals surface area contributed by atoms with Crippen molar-refractivity contribution >= 4 is 0 Å². The van der Waals surface area contributed by atoms with Crippen LogP contribution < -0.4 is 0 Å². The number of hydrogen-bond acceptors (Lipinski definition) is 0. The average molecular weight is 250 g/mol. The highest BCUT2D eigenvalue weighted by molar-refractivity contribution is 4.92. The lowest BCUT2D eigenvalue weighted by atomic mass is 9.90. The first-order chi connectivity index (χ1) is 8.63. The Hall–Kier alpha value is 0. The van der Waals surface area contributed by atoms with E-state index in [1.54, 1.807) is 25.7 Å². The summed E-state index contributed by atoms with van der Waals surface area (Å²) in [5, 5.41) is 0. The molecule has 106 valence electrons. The van der Waals surface area contributed by atoms with E-state index in [2.05, 4.69) is 27.7 Å². The van der Waals surface area contributed by atoms with Gasteiger partial charge in [-0.2, -0.15) is 0 Å². The van der Waals surface area contributed by atoms with Gasteiger partial charge in [-0.25, -0.2) is 0 Å². The molecule has 2 rings (SSSR count). The van der Waals surface area contributed by atoms with Crippen molar-refractivity contribution in [1.29, 1.82) is 0 Å². The summed E-state index contributed by atoms with van der Waals surface area (Å²) in [5.41, 5.74) is 0. The summed E-state index contributed by atoms with van der Waals surface area (Å²) in [6.45, 7) is 9.61. The third-order valence-corrected chi connectivity index (χ3v) is 6.07. The SMILES string of the molecule is CCC(C)CC1CCC(CC2CC2C(C)CC)C1. The van der Waals surface area contributed by atoms with Crippen molar-refractivity contribution in [2.45, 2.75) is 79.1 Å². The first-order valence-corrected chi connectivity index (χ1v) is 8.63. The van der Waals surface area contributed by atoms with Crippen LogP contribution in [0.3, 0.4) is 0 Å². The van der Waals surface area contributed by atoms with Gasteiger partial charge in [-0.05, 0) is 61.2 Å². The molecule has 0 amide bonds. The molecule has 2 aliphatic rings. The molecule has 0 spiro atoms. The topological polar surface area (TPSA) is 0 Å². The third-order valence-electron chi connectivity index (χ3n) is 6.07. The quantitative estimate of drug-likeness (QED) is 0.527. The summed E-state index contributed by atoms with van der Waals surface area (Å²) in [4.78, 5) is 0. The lowest BCUT2D eigenvalue weighted by molar-refractivity contribution is 0.358. The van der Waals surface area contributed by atoms with Gasteiger partial charge in [0.15, 0.2) is 0 Å². The monoisotopic (exact) mass is 250 g/mol. The second-order valence-corrected chi connectivity index (χ2v) is 7.58. The van der Waals surface area contributed by atoms with Crippen molar-refractivity contribution in [2.75, 3.05) is 0 Å². The molecule has 0 aromatic heterocycles. The molecule has 6 unspecified atom stereocenters. The predicted octanol–water partition coefficient (Wildman–Crippen LogP) is 5.91. The van der Waals surface area contributed by atoms with Crippen LogP contribution in [0.15, 0.2) is 0 Å². The zero-order valence-electron chi connectivity index (χ0n) is 13.1. The second kappa shape index (κ2) is 6.44. The van der Waals surface area contributed by atoms with E-state index in [1.165, 1.54) is 25.7 Å². The van der Waals surface area contributed by atoms with Crippen molar-refractivity contribution < 1.29 is 0 Å². The summed E-state index contributed by atoms with van der Waals surface area (Å²) < 4.78 is 0. The fourth-order valence-electron chi connectivity index (χ4n) is 4.31. The highest BCUT2D eigenvalue weighted by Gasteiger charge is 2.42. The van der Waals surface area contributed by atoms with Gasteiger partial charge in [0.2, 0.25) is 0 Å². The first-order valence-electron chi connectivity index (χ1n) is 8.63. The molecular weight excluding hydrogens is 216 g/mol. The molecule has 0 heteroatoms. The summed E-state index contributed by atoms with van der Waals surface area (Å²) in [5.74, 6) is 6.34. The smallest absolute Gasteiger partial charge is 0.0357 e. The Morgan fingerprint density at radius 3 is 2.33 bits per heavy atom. The van der Waals surface area contributed by atoms with E-state index >= 15 is 0 Å². The Bertz CT molecular complexity index is 244. The standard InChI is InChI=1S/C18H34/c1-5-13(3)9-15-7-8-16(10-15)11-17-12-18(17)14(4)6-2/h13-18H,5-12H2,1-4H3. The van der Waals surface area contributed by atoms with E-state index in [9.17, 15) is 0 Å². The zero-order valence-corrected chi connectivity index (χ0v) is 13.1. The molecule has 0 heterocycles. The van der Waals surface area contributed by atoms with E-state index < -0.39 is 0 Å². The van der Waals surface area contributed by atoms with Crippen molar-refractivity contribution in [3.63, 3.8) is 0 Å². The minimum Gasteiger partial charge on any atom is -0.0651 e. The van der Waals surface area contributed by atoms with Crippen LogP contribution in [0.25, 0.3) is 0 Å². The van der Waals surface area contributed by atoms with Crippen LogP contribution in [0, 0.1) is 35.5 Å². The Balaban J connectivity index is 1.65. The third kappa shape index (κ3) is 3.75. The van der Waals surface area contributed by atoms with Crippen LogP contribution in [0.1, 0.15) is 79.1 Å². The molecule has 0 saturated heterocycles. The number of hydrogen-bond donors (Lipinski definition) is 0. The van der Waals surface area contributed by atoms with Crippen LogP contribution >= 0.6 is 0 Å². The second-order valence-electron chi connectivity index (χ2n) is 7.58. The maximum Gasteiger partial charge on any atom is -0.0357 e. The molecule has 2 fully saturated rings. The fraction of sp³-hybridized carbons (Fsp3) is 1.00. The summed E-state index contributed by atoms with van der Waals surface area (Å²) in [6.07, 6.45) is 12.1. The molecule has 0 aliphatic heterocycles. The van der Waals surface area contributed by atoms with Gasteiger partial charge in [-0.3, -0.25) is 0 Å². The van der Waals surface area contributed by atoms with Gasteiger partial charge >= 0.3 is 0 Å². The minimum absolute atomic E-state index is 0.961. The summed E-state index contributed by atoms with van der Waals surface area (Å²) in [7, 11) is 0. The fourth-order valence-corrected chi connectivity index (χ4v) is 4.31. The van der Waals surface area contributed by atoms with Crippen LogP contribution in [-0.2, 0) is 0 Å². The molecule has 0 N–H and O–H groups in total. The Morgan fingerprint density at radius 1 is 0.944 bits per heavy atom. The van der Waals surface area contributed by atoms with Crippen molar-refractivity contribution in [3.8, 4) is 0 Å². The molecule has 0 radical (unpaired) electrons. The van der Waals surface area contributed by atoms with Crippen LogP contribution in [-0.4, -0.2) is 0 Å². The maximum atomic E-state index is 2.46. The van der Waals surface area contributed by atoms with E-state index in [0.717, 1.165) is 35.5 Å². The van der Waals surface area contributed by atoms with E-state index in [4.69, 9.17) is 0 Å². The molecule has 0 bridgehead atoms. The first kappa shape index (κ1) is 14.4. The van der Waals surface area contributed by atoms with Gasteiger partial charge in [0, 0.05) is 0 Å². The van der Waals surface area contributed by atoms with E-state index in [-0.39, 0.29) is 0 Å². The van der Waals surface area contributed by atoms with Crippen molar-refractivity contribution in [2.24, 2.45) is 35.5 Å². The molecule has 6 atom stereocenters. The highest BCUT2D eigenvalue weighted by Crippen LogP contribution is 2.51. The molecule has 18 heavy (non-hydrogen) atoms. The molecule has 2 saturated carbocycles. The van der Waals surface area contributed by atoms with Gasteiger partial charge < -0.3 is 0 Å². The van der Waals surface area contributed by atoms with Crippen LogP contribution in [0.4, 0.5) is 0 Å². The summed E-state index contributed by atoms with van der Waals surface area (Å²) in [6, 6.07) is 0. The molecule has 0 aromatic carbocycles. The zero-order chi connectivity index (χ0) is 13.1. The van der Waals surface area contributed by atoms with Crippen molar-refractivity contribution in [3.05, 3.63) is 0 Å². The highest BCUT2D eigenvalue weighted by atomic mass is 14.5. The van der Waals surface area contributed by atoms with Gasteiger partial charge in [0.05, 0.1) is 0 Å².